The van der Waals surface area contributed by atoms with E-state index >= 15 is 0 Å². The largest absolute Gasteiger partial charge is 0.356 e. The Hall–Kier alpha value is -2.63. The average molecular weight is 311 g/mol. The van der Waals surface area contributed by atoms with Crippen molar-refractivity contribution in [3.8, 4) is 0 Å². The van der Waals surface area contributed by atoms with Crippen molar-refractivity contribution >= 4 is 28.9 Å². The number of benzene rings is 1. The van der Waals surface area contributed by atoms with E-state index in [2.05, 4.69) is 25.5 Å². The zero-order valence-electron chi connectivity index (χ0n) is 13.2. The zero-order valence-corrected chi connectivity index (χ0v) is 13.2. The highest BCUT2D eigenvalue weighted by molar-refractivity contribution is 5.89. The number of hydrogen-bond acceptors (Lipinski definition) is 5. The number of amides is 1. The van der Waals surface area contributed by atoms with Crippen molar-refractivity contribution < 1.29 is 4.79 Å². The summed E-state index contributed by atoms with van der Waals surface area (Å²) in [6.45, 7) is 3.60. The van der Waals surface area contributed by atoms with Gasteiger partial charge in [-0.3, -0.25) is 4.79 Å². The van der Waals surface area contributed by atoms with Gasteiger partial charge in [0, 0.05) is 37.5 Å². The van der Waals surface area contributed by atoms with Gasteiger partial charge >= 0.3 is 0 Å². The second-order valence-corrected chi connectivity index (χ2v) is 5.70. The molecule has 2 N–H and O–H groups in total. The second-order valence-electron chi connectivity index (χ2n) is 5.70. The molecular weight excluding hydrogens is 290 g/mol. The number of hydrogen-bond donors (Lipinski definition) is 2. The number of rotatable bonds is 4. The first-order valence-corrected chi connectivity index (χ1v) is 7.92. The highest BCUT2D eigenvalue weighted by Crippen LogP contribution is 2.22. The first kappa shape index (κ1) is 15.3. The first-order chi connectivity index (χ1) is 11.2. The van der Waals surface area contributed by atoms with Crippen LogP contribution in [0.4, 0.5) is 23.0 Å². The van der Waals surface area contributed by atoms with Crippen molar-refractivity contribution in [1.29, 1.82) is 0 Å². The van der Waals surface area contributed by atoms with Gasteiger partial charge in [-0.15, -0.1) is 0 Å². The summed E-state index contributed by atoms with van der Waals surface area (Å²) in [5.41, 5.74) is 1.63. The van der Waals surface area contributed by atoms with E-state index in [4.69, 9.17) is 0 Å². The van der Waals surface area contributed by atoms with Gasteiger partial charge in [0.05, 0.1) is 0 Å². The molecule has 1 fully saturated rings. The van der Waals surface area contributed by atoms with Crippen LogP contribution in [0.5, 0.6) is 0 Å². The Labute approximate surface area is 135 Å². The van der Waals surface area contributed by atoms with Crippen LogP contribution in [0.2, 0.25) is 0 Å². The fraction of sp³-hybridized carbons (Fsp3) is 0.353. The number of anilines is 4. The summed E-state index contributed by atoms with van der Waals surface area (Å²) in [5, 5.41) is 6.04. The minimum absolute atomic E-state index is 0.0865. The van der Waals surface area contributed by atoms with E-state index in [1.165, 1.54) is 26.2 Å². The molecule has 1 aliphatic heterocycles. The molecule has 23 heavy (non-hydrogen) atoms. The number of aromatic nitrogens is 2. The monoisotopic (exact) mass is 311 g/mol. The summed E-state index contributed by atoms with van der Waals surface area (Å²) < 4.78 is 0. The molecule has 6 heteroatoms. The van der Waals surface area contributed by atoms with Gasteiger partial charge in [-0.2, -0.15) is 0 Å². The van der Waals surface area contributed by atoms with Crippen molar-refractivity contribution in [1.82, 2.24) is 9.97 Å². The lowest BCUT2D eigenvalue weighted by molar-refractivity contribution is -0.114. The van der Waals surface area contributed by atoms with Crippen LogP contribution in [0.1, 0.15) is 26.2 Å². The molecule has 1 aromatic heterocycles. The molecule has 0 aliphatic carbocycles. The Morgan fingerprint density at radius 3 is 2.65 bits per heavy atom. The third-order valence-electron chi connectivity index (χ3n) is 3.79. The maximum Gasteiger partial charge on any atom is 0.221 e. The maximum absolute atomic E-state index is 11.1. The molecule has 0 saturated carbocycles. The quantitative estimate of drug-likeness (QED) is 0.907. The van der Waals surface area contributed by atoms with E-state index in [-0.39, 0.29) is 5.91 Å². The smallest absolute Gasteiger partial charge is 0.221 e. The average Bonchev–Trinajstić information content (AvgIpc) is 2.56. The van der Waals surface area contributed by atoms with Crippen molar-refractivity contribution in [2.24, 2.45) is 0 Å². The molecule has 2 aromatic rings. The fourth-order valence-corrected chi connectivity index (χ4v) is 2.74. The van der Waals surface area contributed by atoms with Crippen molar-refractivity contribution in [3.63, 3.8) is 0 Å². The van der Waals surface area contributed by atoms with Crippen LogP contribution in [0.15, 0.2) is 36.7 Å². The molecule has 1 amide bonds. The number of carbonyl (C=O) groups is 1. The molecule has 1 saturated heterocycles. The van der Waals surface area contributed by atoms with E-state index < -0.39 is 0 Å². The molecule has 1 aromatic carbocycles. The lowest BCUT2D eigenvalue weighted by Gasteiger charge is -2.27. The first-order valence-electron chi connectivity index (χ1n) is 7.92. The van der Waals surface area contributed by atoms with Gasteiger partial charge < -0.3 is 15.5 Å². The van der Waals surface area contributed by atoms with Gasteiger partial charge in [-0.25, -0.2) is 9.97 Å². The standard InChI is InChI=1S/C17H21N5O/c1-13(23)20-14-6-5-7-15(10-14)21-16-11-17(19-12-18-16)22-8-3-2-4-9-22/h5-7,10-12H,2-4,8-9H2,1H3,(H,20,23)(H,18,19,21). The predicted octanol–water partition coefficient (Wildman–Crippen LogP) is 3.17. The van der Waals surface area contributed by atoms with Gasteiger partial charge in [0.2, 0.25) is 5.91 Å². The topological polar surface area (TPSA) is 70.2 Å². The van der Waals surface area contributed by atoms with Crippen LogP contribution in [-0.2, 0) is 4.79 Å². The molecule has 0 unspecified atom stereocenters. The van der Waals surface area contributed by atoms with E-state index in [1.54, 1.807) is 6.33 Å². The maximum atomic E-state index is 11.1. The van der Waals surface area contributed by atoms with Gasteiger partial charge in [0.25, 0.3) is 0 Å². The third kappa shape index (κ3) is 4.18. The highest BCUT2D eigenvalue weighted by Gasteiger charge is 2.12. The molecule has 2 heterocycles. The fourth-order valence-electron chi connectivity index (χ4n) is 2.74. The number of piperidine rings is 1. The summed E-state index contributed by atoms with van der Waals surface area (Å²) in [4.78, 5) is 22.1. The van der Waals surface area contributed by atoms with Crippen LogP contribution in [0, 0.1) is 0 Å². The summed E-state index contributed by atoms with van der Waals surface area (Å²) in [7, 11) is 0. The predicted molar refractivity (Wildman–Crippen MR) is 92.1 cm³/mol. The lowest BCUT2D eigenvalue weighted by Crippen LogP contribution is -2.30. The van der Waals surface area contributed by atoms with Crippen LogP contribution in [0.3, 0.4) is 0 Å². The summed E-state index contributed by atoms with van der Waals surface area (Å²) in [5.74, 6) is 1.62. The molecule has 120 valence electrons. The third-order valence-corrected chi connectivity index (χ3v) is 3.79. The second kappa shape index (κ2) is 7.09. The summed E-state index contributed by atoms with van der Waals surface area (Å²) >= 11 is 0. The van der Waals surface area contributed by atoms with E-state index in [0.29, 0.717) is 0 Å². The Morgan fingerprint density at radius 2 is 1.87 bits per heavy atom. The number of carbonyl (C=O) groups excluding carboxylic acids is 1. The Balaban J connectivity index is 1.73. The van der Waals surface area contributed by atoms with Gasteiger partial charge in [0.15, 0.2) is 0 Å². The SMILES string of the molecule is CC(=O)Nc1cccc(Nc2cc(N3CCCCC3)ncn2)c1. The Kier molecular flexibility index (Phi) is 4.71. The summed E-state index contributed by atoms with van der Waals surface area (Å²) in [6.07, 6.45) is 5.31. The Morgan fingerprint density at radius 1 is 1.09 bits per heavy atom. The normalized spacial score (nSPS) is 14.4. The van der Waals surface area contributed by atoms with E-state index in [1.807, 2.05) is 30.3 Å². The minimum Gasteiger partial charge on any atom is -0.356 e. The van der Waals surface area contributed by atoms with Gasteiger partial charge in [0.1, 0.15) is 18.0 Å². The van der Waals surface area contributed by atoms with E-state index in [0.717, 1.165) is 36.1 Å². The van der Waals surface area contributed by atoms with E-state index in [9.17, 15) is 4.79 Å². The van der Waals surface area contributed by atoms with Crippen LogP contribution in [0.25, 0.3) is 0 Å². The minimum atomic E-state index is -0.0865. The molecule has 6 nitrogen and oxygen atoms in total. The molecule has 0 bridgehead atoms. The lowest BCUT2D eigenvalue weighted by atomic mass is 10.1. The van der Waals surface area contributed by atoms with Gasteiger partial charge in [-0.05, 0) is 37.5 Å². The Bertz CT molecular complexity index is 682. The molecule has 0 spiro atoms. The number of nitrogens with zero attached hydrogens (tertiary/aromatic N) is 3. The number of nitrogens with one attached hydrogen (secondary N) is 2. The molecule has 0 atom stereocenters. The van der Waals surface area contributed by atoms with Crippen LogP contribution in [-0.4, -0.2) is 29.0 Å². The molecule has 3 rings (SSSR count). The molecular formula is C17H21N5O. The van der Waals surface area contributed by atoms with Crippen LogP contribution >= 0.6 is 0 Å². The van der Waals surface area contributed by atoms with Crippen molar-refractivity contribution in [2.75, 3.05) is 28.6 Å². The van der Waals surface area contributed by atoms with Crippen molar-refractivity contribution in [3.05, 3.63) is 36.7 Å². The highest BCUT2D eigenvalue weighted by atomic mass is 16.1. The summed E-state index contributed by atoms with van der Waals surface area (Å²) in [6, 6.07) is 9.53. The van der Waals surface area contributed by atoms with Crippen LogP contribution < -0.4 is 15.5 Å². The van der Waals surface area contributed by atoms with Crippen molar-refractivity contribution in [2.45, 2.75) is 26.2 Å². The molecule has 0 radical (unpaired) electrons. The zero-order chi connectivity index (χ0) is 16.1. The molecule has 1 aliphatic rings. The van der Waals surface area contributed by atoms with Gasteiger partial charge in [-0.1, -0.05) is 6.07 Å².